The smallest absolute Gasteiger partial charge is 0.249 e. The van der Waals surface area contributed by atoms with Crippen LogP contribution in [0.15, 0.2) is 71.8 Å². The van der Waals surface area contributed by atoms with Crippen molar-refractivity contribution in [2.45, 2.75) is 26.8 Å². The Balaban J connectivity index is 1.53. The molecule has 1 aromatic heterocycles. The van der Waals surface area contributed by atoms with Gasteiger partial charge in [-0.1, -0.05) is 48.5 Å². The SMILES string of the molecule is Cc1cc(/C=N/NC(=O)CC(=O)NCc2ccccc2)c(C)n1-c1ccccc1. The molecule has 0 atom stereocenters. The Bertz CT molecular complexity index is 1010. The van der Waals surface area contributed by atoms with Crippen LogP contribution in [0, 0.1) is 13.8 Å². The largest absolute Gasteiger partial charge is 0.352 e. The van der Waals surface area contributed by atoms with Crippen molar-refractivity contribution in [3.05, 3.63) is 89.2 Å². The number of carbonyl (C=O) groups is 2. The van der Waals surface area contributed by atoms with E-state index >= 15 is 0 Å². The summed E-state index contributed by atoms with van der Waals surface area (Å²) in [7, 11) is 0. The van der Waals surface area contributed by atoms with Crippen molar-refractivity contribution in [1.82, 2.24) is 15.3 Å². The molecule has 0 saturated heterocycles. The number of para-hydroxylation sites is 1. The standard InChI is InChI=1S/C23H24N4O2/c1-17-13-20(18(2)27(17)21-11-7-4-8-12-21)16-25-26-23(29)14-22(28)24-15-19-9-5-3-6-10-19/h3-13,16H,14-15H2,1-2H3,(H,24,28)(H,26,29)/b25-16+. The number of amides is 2. The highest BCUT2D eigenvalue weighted by atomic mass is 16.2. The van der Waals surface area contributed by atoms with Gasteiger partial charge in [-0.3, -0.25) is 9.59 Å². The second-order valence-corrected chi connectivity index (χ2v) is 6.73. The molecule has 3 rings (SSSR count). The Morgan fingerprint density at radius 2 is 1.62 bits per heavy atom. The molecule has 2 N–H and O–H groups in total. The van der Waals surface area contributed by atoms with Crippen molar-refractivity contribution < 1.29 is 9.59 Å². The number of hydrogen-bond acceptors (Lipinski definition) is 3. The van der Waals surface area contributed by atoms with E-state index in [1.165, 1.54) is 0 Å². The van der Waals surface area contributed by atoms with Crippen LogP contribution in [0.4, 0.5) is 0 Å². The van der Waals surface area contributed by atoms with E-state index in [2.05, 4.69) is 20.4 Å². The Morgan fingerprint density at radius 1 is 0.966 bits per heavy atom. The van der Waals surface area contributed by atoms with Crippen LogP contribution in [-0.2, 0) is 16.1 Å². The van der Waals surface area contributed by atoms with Crippen molar-refractivity contribution in [3.8, 4) is 5.69 Å². The van der Waals surface area contributed by atoms with Crippen molar-refractivity contribution in [2.24, 2.45) is 5.10 Å². The molecule has 0 spiro atoms. The van der Waals surface area contributed by atoms with Gasteiger partial charge in [-0.2, -0.15) is 5.10 Å². The van der Waals surface area contributed by atoms with E-state index in [9.17, 15) is 9.59 Å². The van der Waals surface area contributed by atoms with E-state index < -0.39 is 5.91 Å². The first-order valence-corrected chi connectivity index (χ1v) is 9.41. The van der Waals surface area contributed by atoms with Crippen LogP contribution in [-0.4, -0.2) is 22.6 Å². The number of aryl methyl sites for hydroxylation is 1. The number of hydrazone groups is 1. The first kappa shape index (κ1) is 20.1. The molecule has 0 fully saturated rings. The van der Waals surface area contributed by atoms with Gasteiger partial charge in [0.25, 0.3) is 0 Å². The first-order valence-electron chi connectivity index (χ1n) is 9.41. The average Bonchev–Trinajstić information content (AvgIpc) is 3.01. The lowest BCUT2D eigenvalue weighted by molar-refractivity contribution is -0.129. The van der Waals surface area contributed by atoms with Gasteiger partial charge in [0.1, 0.15) is 6.42 Å². The van der Waals surface area contributed by atoms with Crippen LogP contribution in [0.5, 0.6) is 0 Å². The van der Waals surface area contributed by atoms with Crippen LogP contribution in [0.3, 0.4) is 0 Å². The van der Waals surface area contributed by atoms with Crippen LogP contribution in [0.1, 0.15) is 28.9 Å². The molecule has 0 aliphatic heterocycles. The van der Waals surface area contributed by atoms with Gasteiger partial charge >= 0.3 is 0 Å². The van der Waals surface area contributed by atoms with Crippen molar-refractivity contribution in [2.75, 3.05) is 0 Å². The predicted molar refractivity (Wildman–Crippen MR) is 114 cm³/mol. The fourth-order valence-corrected chi connectivity index (χ4v) is 3.11. The Morgan fingerprint density at radius 3 is 2.31 bits per heavy atom. The second-order valence-electron chi connectivity index (χ2n) is 6.73. The summed E-state index contributed by atoms with van der Waals surface area (Å²) in [6.45, 7) is 4.41. The molecule has 0 aliphatic carbocycles. The monoisotopic (exact) mass is 388 g/mol. The molecule has 0 aliphatic rings. The zero-order valence-corrected chi connectivity index (χ0v) is 16.6. The van der Waals surface area contributed by atoms with Gasteiger partial charge in [0, 0.05) is 29.2 Å². The minimum atomic E-state index is -0.455. The van der Waals surface area contributed by atoms with E-state index in [0.29, 0.717) is 6.54 Å². The van der Waals surface area contributed by atoms with Crippen LogP contribution in [0.25, 0.3) is 5.69 Å². The zero-order valence-electron chi connectivity index (χ0n) is 16.6. The summed E-state index contributed by atoms with van der Waals surface area (Å²) in [6, 6.07) is 21.6. The molecule has 6 nitrogen and oxygen atoms in total. The number of nitrogens with one attached hydrogen (secondary N) is 2. The number of nitrogens with zero attached hydrogens (tertiary/aromatic N) is 2. The molecule has 0 saturated carbocycles. The third-order valence-corrected chi connectivity index (χ3v) is 4.53. The number of aromatic nitrogens is 1. The maximum absolute atomic E-state index is 11.9. The molecule has 0 bridgehead atoms. The van der Waals surface area contributed by atoms with E-state index in [-0.39, 0.29) is 12.3 Å². The molecule has 6 heteroatoms. The summed E-state index contributed by atoms with van der Waals surface area (Å²) in [4.78, 5) is 23.8. The molecule has 148 valence electrons. The minimum absolute atomic E-state index is 0.271. The molecular weight excluding hydrogens is 364 g/mol. The number of benzene rings is 2. The summed E-state index contributed by atoms with van der Waals surface area (Å²) in [5.74, 6) is -0.799. The second kappa shape index (κ2) is 9.50. The summed E-state index contributed by atoms with van der Waals surface area (Å²) >= 11 is 0. The predicted octanol–water partition coefficient (Wildman–Crippen LogP) is 3.25. The maximum Gasteiger partial charge on any atom is 0.249 e. The lowest BCUT2D eigenvalue weighted by Crippen LogP contribution is -2.29. The molecule has 1 heterocycles. The molecule has 29 heavy (non-hydrogen) atoms. The van der Waals surface area contributed by atoms with Crippen LogP contribution in [0.2, 0.25) is 0 Å². The summed E-state index contributed by atoms with van der Waals surface area (Å²) < 4.78 is 2.13. The van der Waals surface area contributed by atoms with Crippen molar-refractivity contribution in [1.29, 1.82) is 0 Å². The van der Waals surface area contributed by atoms with Gasteiger partial charge in [-0.05, 0) is 37.6 Å². The topological polar surface area (TPSA) is 75.5 Å². The molecule has 0 radical (unpaired) electrons. The molecule has 2 aromatic carbocycles. The summed E-state index contributed by atoms with van der Waals surface area (Å²) in [5, 5.41) is 6.73. The van der Waals surface area contributed by atoms with Gasteiger partial charge in [-0.15, -0.1) is 0 Å². The molecular formula is C23H24N4O2. The average molecular weight is 388 g/mol. The zero-order chi connectivity index (χ0) is 20.6. The maximum atomic E-state index is 11.9. The lowest BCUT2D eigenvalue weighted by Gasteiger charge is -2.09. The van der Waals surface area contributed by atoms with Crippen molar-refractivity contribution >= 4 is 18.0 Å². The van der Waals surface area contributed by atoms with Crippen molar-refractivity contribution in [3.63, 3.8) is 0 Å². The fraction of sp³-hybridized carbons (Fsp3) is 0.174. The molecule has 2 amide bonds. The van der Waals surface area contributed by atoms with Gasteiger partial charge in [0.15, 0.2) is 0 Å². The summed E-state index contributed by atoms with van der Waals surface area (Å²) in [5.41, 5.74) is 7.46. The van der Waals surface area contributed by atoms with Gasteiger partial charge in [-0.25, -0.2) is 5.43 Å². The van der Waals surface area contributed by atoms with E-state index in [4.69, 9.17) is 0 Å². The Labute approximate surface area is 170 Å². The Hall–Kier alpha value is -3.67. The van der Waals surface area contributed by atoms with Gasteiger partial charge in [0.2, 0.25) is 11.8 Å². The van der Waals surface area contributed by atoms with Gasteiger partial charge in [0.05, 0.1) is 6.21 Å². The number of carbonyl (C=O) groups excluding carboxylic acids is 2. The Kier molecular flexibility index (Phi) is 6.58. The lowest BCUT2D eigenvalue weighted by atomic mass is 10.2. The third-order valence-electron chi connectivity index (χ3n) is 4.53. The number of rotatable bonds is 7. The van der Waals surface area contributed by atoms with Crippen LogP contribution >= 0.6 is 0 Å². The molecule has 0 unspecified atom stereocenters. The number of hydrogen-bond donors (Lipinski definition) is 2. The fourth-order valence-electron chi connectivity index (χ4n) is 3.11. The summed E-state index contributed by atoms with van der Waals surface area (Å²) in [6.07, 6.45) is 1.33. The first-order chi connectivity index (χ1) is 14.0. The van der Waals surface area contributed by atoms with E-state index in [1.54, 1.807) is 6.21 Å². The highest BCUT2D eigenvalue weighted by Crippen LogP contribution is 2.19. The van der Waals surface area contributed by atoms with E-state index in [0.717, 1.165) is 28.2 Å². The van der Waals surface area contributed by atoms with Gasteiger partial charge < -0.3 is 9.88 Å². The quantitative estimate of drug-likeness (QED) is 0.370. The van der Waals surface area contributed by atoms with E-state index in [1.807, 2.05) is 80.6 Å². The third kappa shape index (κ3) is 5.42. The normalized spacial score (nSPS) is 10.8. The van der Waals surface area contributed by atoms with Crippen LogP contribution < -0.4 is 10.7 Å². The molecule has 3 aromatic rings. The minimum Gasteiger partial charge on any atom is -0.352 e. The highest BCUT2D eigenvalue weighted by Gasteiger charge is 2.10. The highest BCUT2D eigenvalue weighted by molar-refractivity contribution is 5.97.